The topological polar surface area (TPSA) is 50.3 Å². The zero-order valence-electron chi connectivity index (χ0n) is 10.0. The van der Waals surface area contributed by atoms with Crippen molar-refractivity contribution in [2.24, 2.45) is 0 Å². The van der Waals surface area contributed by atoms with Gasteiger partial charge in [-0.3, -0.25) is 4.98 Å². The molecule has 1 saturated carbocycles. The first kappa shape index (κ1) is 12.5. The Morgan fingerprint density at radius 2 is 1.88 bits per heavy atom. The van der Waals surface area contributed by atoms with Crippen molar-refractivity contribution in [1.29, 1.82) is 0 Å². The van der Waals surface area contributed by atoms with E-state index in [1.165, 1.54) is 4.31 Å². The Morgan fingerprint density at radius 1 is 1.29 bits per heavy atom. The fraction of sp³-hybridized carbons (Fsp3) is 0.583. The van der Waals surface area contributed by atoms with Gasteiger partial charge in [0.05, 0.1) is 5.25 Å². The van der Waals surface area contributed by atoms with E-state index in [-0.39, 0.29) is 5.25 Å². The highest BCUT2D eigenvalue weighted by molar-refractivity contribution is 7.89. The molecule has 1 aliphatic carbocycles. The molecule has 1 heterocycles. The monoisotopic (exact) mass is 254 g/mol. The van der Waals surface area contributed by atoms with Gasteiger partial charge in [-0.2, -0.15) is 0 Å². The third-order valence-corrected chi connectivity index (χ3v) is 5.62. The van der Waals surface area contributed by atoms with Crippen LogP contribution in [-0.2, 0) is 16.6 Å². The minimum absolute atomic E-state index is 0.172. The van der Waals surface area contributed by atoms with Gasteiger partial charge in [0.2, 0.25) is 10.0 Å². The molecule has 1 aliphatic rings. The Balaban J connectivity index is 2.06. The van der Waals surface area contributed by atoms with Crippen LogP contribution in [0, 0.1) is 0 Å². The first-order valence-electron chi connectivity index (χ1n) is 5.95. The maximum absolute atomic E-state index is 12.2. The van der Waals surface area contributed by atoms with Crippen molar-refractivity contribution in [3.05, 3.63) is 30.1 Å². The van der Waals surface area contributed by atoms with Gasteiger partial charge in [-0.1, -0.05) is 12.8 Å². The minimum Gasteiger partial charge on any atom is -0.265 e. The average molecular weight is 254 g/mol. The molecule has 0 aliphatic heterocycles. The summed E-state index contributed by atoms with van der Waals surface area (Å²) in [5.74, 6) is 0. The molecule has 0 unspecified atom stereocenters. The van der Waals surface area contributed by atoms with Crippen molar-refractivity contribution in [3.8, 4) is 0 Å². The van der Waals surface area contributed by atoms with Crippen LogP contribution in [0.2, 0.25) is 0 Å². The summed E-state index contributed by atoms with van der Waals surface area (Å²) >= 11 is 0. The maximum Gasteiger partial charge on any atom is 0.217 e. The molecule has 0 saturated heterocycles. The largest absolute Gasteiger partial charge is 0.265 e. The van der Waals surface area contributed by atoms with Crippen molar-refractivity contribution >= 4 is 10.0 Å². The number of sulfonamides is 1. The molecule has 5 heteroatoms. The molecule has 94 valence electrons. The summed E-state index contributed by atoms with van der Waals surface area (Å²) in [7, 11) is -1.46. The van der Waals surface area contributed by atoms with Gasteiger partial charge in [0.15, 0.2) is 0 Å². The lowest BCUT2D eigenvalue weighted by molar-refractivity contribution is 0.454. The minimum atomic E-state index is -3.12. The molecule has 0 N–H and O–H groups in total. The van der Waals surface area contributed by atoms with Gasteiger partial charge in [-0.05, 0) is 30.5 Å². The zero-order chi connectivity index (χ0) is 12.3. The van der Waals surface area contributed by atoms with Crippen LogP contribution in [0.4, 0.5) is 0 Å². The lowest BCUT2D eigenvalue weighted by Crippen LogP contribution is -2.34. The third kappa shape index (κ3) is 2.84. The van der Waals surface area contributed by atoms with E-state index in [0.29, 0.717) is 6.54 Å². The summed E-state index contributed by atoms with van der Waals surface area (Å²) in [4.78, 5) is 3.92. The van der Waals surface area contributed by atoms with Gasteiger partial charge in [-0.15, -0.1) is 0 Å². The van der Waals surface area contributed by atoms with Crippen LogP contribution in [-0.4, -0.2) is 30.0 Å². The molecule has 0 atom stereocenters. The summed E-state index contributed by atoms with van der Waals surface area (Å²) in [6.07, 6.45) is 7.06. The van der Waals surface area contributed by atoms with Crippen molar-refractivity contribution in [1.82, 2.24) is 9.29 Å². The fourth-order valence-corrected chi connectivity index (χ4v) is 4.04. The summed E-state index contributed by atoms with van der Waals surface area (Å²) in [6, 6.07) is 3.70. The molecule has 0 amide bonds. The molecule has 1 aromatic heterocycles. The van der Waals surface area contributed by atoms with Crippen molar-refractivity contribution in [3.63, 3.8) is 0 Å². The number of aromatic nitrogens is 1. The van der Waals surface area contributed by atoms with Gasteiger partial charge < -0.3 is 0 Å². The van der Waals surface area contributed by atoms with Crippen LogP contribution in [0.15, 0.2) is 24.5 Å². The molecule has 0 bridgehead atoms. The van der Waals surface area contributed by atoms with E-state index in [0.717, 1.165) is 31.2 Å². The fourth-order valence-electron chi connectivity index (χ4n) is 2.28. The van der Waals surface area contributed by atoms with Crippen LogP contribution in [0.5, 0.6) is 0 Å². The van der Waals surface area contributed by atoms with E-state index in [1.54, 1.807) is 19.4 Å². The molecular weight excluding hydrogens is 236 g/mol. The van der Waals surface area contributed by atoms with Crippen LogP contribution in [0.1, 0.15) is 31.2 Å². The van der Waals surface area contributed by atoms with Crippen LogP contribution >= 0.6 is 0 Å². The lowest BCUT2D eigenvalue weighted by atomic mass is 10.3. The Morgan fingerprint density at radius 3 is 2.47 bits per heavy atom. The first-order valence-corrected chi connectivity index (χ1v) is 7.45. The van der Waals surface area contributed by atoms with E-state index in [2.05, 4.69) is 4.98 Å². The first-order chi connectivity index (χ1) is 8.10. The standard InChI is InChI=1S/C12H18N2O2S/c1-14(10-11-6-8-13-9-7-11)17(15,16)12-4-2-3-5-12/h6-9,12H,2-5,10H2,1H3. The third-order valence-electron chi connectivity index (χ3n) is 3.31. The summed E-state index contributed by atoms with van der Waals surface area (Å²) < 4.78 is 26.0. The van der Waals surface area contributed by atoms with Gasteiger partial charge in [0.1, 0.15) is 0 Å². The van der Waals surface area contributed by atoms with E-state index in [1.807, 2.05) is 12.1 Å². The number of pyridine rings is 1. The van der Waals surface area contributed by atoms with E-state index in [9.17, 15) is 8.42 Å². The quantitative estimate of drug-likeness (QED) is 0.823. The van der Waals surface area contributed by atoms with Crippen molar-refractivity contribution in [2.45, 2.75) is 37.5 Å². The van der Waals surface area contributed by atoms with E-state index < -0.39 is 10.0 Å². The zero-order valence-corrected chi connectivity index (χ0v) is 10.9. The lowest BCUT2D eigenvalue weighted by Gasteiger charge is -2.21. The van der Waals surface area contributed by atoms with Crippen LogP contribution < -0.4 is 0 Å². The SMILES string of the molecule is CN(Cc1ccncc1)S(=O)(=O)C1CCCC1. The maximum atomic E-state index is 12.2. The van der Waals surface area contributed by atoms with Crippen LogP contribution in [0.25, 0.3) is 0 Å². The second kappa shape index (κ2) is 5.14. The van der Waals surface area contributed by atoms with Gasteiger partial charge in [-0.25, -0.2) is 12.7 Å². The molecule has 1 fully saturated rings. The second-order valence-corrected chi connectivity index (χ2v) is 6.88. The smallest absolute Gasteiger partial charge is 0.217 e. The predicted octanol–water partition coefficient (Wildman–Crippen LogP) is 1.79. The molecule has 4 nitrogen and oxygen atoms in total. The molecule has 0 radical (unpaired) electrons. The highest BCUT2D eigenvalue weighted by Gasteiger charge is 2.31. The van der Waals surface area contributed by atoms with Crippen molar-refractivity contribution in [2.75, 3.05) is 7.05 Å². The molecule has 2 rings (SSSR count). The van der Waals surface area contributed by atoms with E-state index >= 15 is 0 Å². The number of nitrogens with zero attached hydrogens (tertiary/aromatic N) is 2. The molecule has 17 heavy (non-hydrogen) atoms. The Bertz CT molecular complexity index is 453. The number of hydrogen-bond acceptors (Lipinski definition) is 3. The highest BCUT2D eigenvalue weighted by Crippen LogP contribution is 2.27. The van der Waals surface area contributed by atoms with Gasteiger partial charge in [0, 0.05) is 26.0 Å². The normalized spacial score (nSPS) is 17.8. The summed E-state index contributed by atoms with van der Waals surface area (Å²) in [6.45, 7) is 0.432. The van der Waals surface area contributed by atoms with E-state index in [4.69, 9.17) is 0 Å². The molecular formula is C12H18N2O2S. The Labute approximate surface area is 103 Å². The molecule has 0 aromatic carbocycles. The predicted molar refractivity (Wildman–Crippen MR) is 66.9 cm³/mol. The van der Waals surface area contributed by atoms with Crippen molar-refractivity contribution < 1.29 is 8.42 Å². The average Bonchev–Trinajstić information content (AvgIpc) is 2.84. The summed E-state index contributed by atoms with van der Waals surface area (Å²) in [5.41, 5.74) is 0.976. The van der Waals surface area contributed by atoms with Crippen LogP contribution in [0.3, 0.4) is 0 Å². The Hall–Kier alpha value is -0.940. The Kier molecular flexibility index (Phi) is 3.79. The molecule has 1 aromatic rings. The number of rotatable bonds is 4. The summed E-state index contributed by atoms with van der Waals surface area (Å²) in [5, 5.41) is -0.172. The second-order valence-electron chi connectivity index (χ2n) is 4.56. The highest BCUT2D eigenvalue weighted by atomic mass is 32.2. The van der Waals surface area contributed by atoms with Gasteiger partial charge in [0.25, 0.3) is 0 Å². The molecule has 0 spiro atoms. The van der Waals surface area contributed by atoms with Gasteiger partial charge >= 0.3 is 0 Å². The number of hydrogen-bond donors (Lipinski definition) is 0.